The van der Waals surface area contributed by atoms with E-state index in [1.807, 2.05) is 30.0 Å². The highest BCUT2D eigenvalue weighted by molar-refractivity contribution is 5.85. The summed E-state index contributed by atoms with van der Waals surface area (Å²) >= 11 is 0. The standard InChI is InChI=1S/C17H27N3O2.ClH/c1-14(13-22-2)17(21)20(12-15-6-3-4-10-19-15)16-7-5-9-18-11-8-16;/h3-4,6,10,14,16,18H,5,7-9,11-13H2,1-2H3;1H. The smallest absolute Gasteiger partial charge is 0.228 e. The van der Waals surface area contributed by atoms with E-state index in [9.17, 15) is 4.79 Å². The van der Waals surface area contributed by atoms with Crippen molar-refractivity contribution in [1.82, 2.24) is 15.2 Å². The van der Waals surface area contributed by atoms with E-state index in [2.05, 4.69) is 10.3 Å². The summed E-state index contributed by atoms with van der Waals surface area (Å²) in [6, 6.07) is 6.14. The summed E-state index contributed by atoms with van der Waals surface area (Å²) in [7, 11) is 1.64. The van der Waals surface area contributed by atoms with E-state index in [1.54, 1.807) is 13.3 Å². The average Bonchev–Trinajstić information content (AvgIpc) is 2.82. The first-order valence-corrected chi connectivity index (χ1v) is 8.12. The van der Waals surface area contributed by atoms with Crippen molar-refractivity contribution in [1.29, 1.82) is 0 Å². The molecule has 6 heteroatoms. The summed E-state index contributed by atoms with van der Waals surface area (Å²) in [6.07, 6.45) is 4.93. The van der Waals surface area contributed by atoms with Gasteiger partial charge in [0.2, 0.25) is 5.91 Å². The third-order valence-corrected chi connectivity index (χ3v) is 4.17. The van der Waals surface area contributed by atoms with Gasteiger partial charge in [0, 0.05) is 19.3 Å². The second-order valence-electron chi connectivity index (χ2n) is 5.98. The number of carbonyl (C=O) groups is 1. The summed E-state index contributed by atoms with van der Waals surface area (Å²) in [5.74, 6) is 0.0457. The molecule has 1 aliphatic rings. The van der Waals surface area contributed by atoms with Crippen molar-refractivity contribution in [2.24, 2.45) is 5.92 Å². The van der Waals surface area contributed by atoms with Crippen LogP contribution in [0, 0.1) is 5.92 Å². The number of nitrogens with one attached hydrogen (secondary N) is 1. The fraction of sp³-hybridized carbons (Fsp3) is 0.647. The topological polar surface area (TPSA) is 54.5 Å². The molecule has 130 valence electrons. The van der Waals surface area contributed by atoms with Crippen LogP contribution in [0.1, 0.15) is 31.9 Å². The molecule has 0 spiro atoms. The Morgan fingerprint density at radius 3 is 2.96 bits per heavy atom. The van der Waals surface area contributed by atoms with Gasteiger partial charge in [-0.3, -0.25) is 9.78 Å². The fourth-order valence-electron chi connectivity index (χ4n) is 2.97. The van der Waals surface area contributed by atoms with Crippen LogP contribution in [0.15, 0.2) is 24.4 Å². The SMILES string of the molecule is COCC(C)C(=O)N(Cc1ccccn1)C1CCCNCC1.Cl. The van der Waals surface area contributed by atoms with Crippen LogP contribution < -0.4 is 5.32 Å². The molecule has 0 aliphatic carbocycles. The molecule has 2 rings (SSSR count). The molecule has 5 nitrogen and oxygen atoms in total. The van der Waals surface area contributed by atoms with Crippen molar-refractivity contribution in [2.45, 2.75) is 38.8 Å². The second-order valence-corrected chi connectivity index (χ2v) is 5.98. The van der Waals surface area contributed by atoms with Crippen molar-refractivity contribution in [3.63, 3.8) is 0 Å². The van der Waals surface area contributed by atoms with E-state index in [4.69, 9.17) is 4.74 Å². The third kappa shape index (κ3) is 6.09. The minimum Gasteiger partial charge on any atom is -0.384 e. The Morgan fingerprint density at radius 2 is 2.26 bits per heavy atom. The van der Waals surface area contributed by atoms with Gasteiger partial charge in [0.25, 0.3) is 0 Å². The Bertz CT molecular complexity index is 450. The third-order valence-electron chi connectivity index (χ3n) is 4.17. The van der Waals surface area contributed by atoms with E-state index < -0.39 is 0 Å². The van der Waals surface area contributed by atoms with Crippen LogP contribution in [0.5, 0.6) is 0 Å². The Hall–Kier alpha value is -1.17. The van der Waals surface area contributed by atoms with E-state index >= 15 is 0 Å². The highest BCUT2D eigenvalue weighted by atomic mass is 35.5. The van der Waals surface area contributed by atoms with Gasteiger partial charge in [-0.2, -0.15) is 0 Å². The second kappa shape index (κ2) is 10.6. The quantitative estimate of drug-likeness (QED) is 0.862. The van der Waals surface area contributed by atoms with E-state index in [1.165, 1.54) is 0 Å². The van der Waals surface area contributed by atoms with E-state index in [0.29, 0.717) is 13.2 Å². The average molecular weight is 342 g/mol. The maximum absolute atomic E-state index is 12.8. The van der Waals surface area contributed by atoms with Crippen LogP contribution in [0.25, 0.3) is 0 Å². The fourth-order valence-corrected chi connectivity index (χ4v) is 2.97. The van der Waals surface area contributed by atoms with Gasteiger partial charge in [0.05, 0.1) is 24.8 Å². The lowest BCUT2D eigenvalue weighted by molar-refractivity contribution is -0.140. The first-order valence-electron chi connectivity index (χ1n) is 8.12. The van der Waals surface area contributed by atoms with Crippen molar-refractivity contribution in [3.8, 4) is 0 Å². The van der Waals surface area contributed by atoms with Crippen molar-refractivity contribution >= 4 is 18.3 Å². The molecule has 1 N–H and O–H groups in total. The highest BCUT2D eigenvalue weighted by Gasteiger charge is 2.28. The van der Waals surface area contributed by atoms with Gasteiger partial charge in [-0.05, 0) is 44.5 Å². The van der Waals surface area contributed by atoms with Crippen molar-refractivity contribution in [3.05, 3.63) is 30.1 Å². The number of rotatable bonds is 6. The van der Waals surface area contributed by atoms with Crippen molar-refractivity contribution < 1.29 is 9.53 Å². The van der Waals surface area contributed by atoms with Crippen LogP contribution >= 0.6 is 12.4 Å². The Morgan fingerprint density at radius 1 is 1.43 bits per heavy atom. The van der Waals surface area contributed by atoms with Gasteiger partial charge in [0.1, 0.15) is 0 Å². The molecular weight excluding hydrogens is 314 g/mol. The minimum absolute atomic E-state index is 0. The van der Waals surface area contributed by atoms with Gasteiger partial charge in [-0.25, -0.2) is 0 Å². The molecule has 0 radical (unpaired) electrons. The zero-order valence-electron chi connectivity index (χ0n) is 14.0. The number of carbonyl (C=O) groups excluding carboxylic acids is 1. The summed E-state index contributed by atoms with van der Waals surface area (Å²) in [4.78, 5) is 19.2. The number of nitrogens with zero attached hydrogens (tertiary/aromatic N) is 2. The molecule has 0 saturated carbocycles. The molecule has 23 heavy (non-hydrogen) atoms. The summed E-state index contributed by atoms with van der Waals surface area (Å²) in [5.41, 5.74) is 0.942. The van der Waals surface area contributed by atoms with Gasteiger partial charge >= 0.3 is 0 Å². The lowest BCUT2D eigenvalue weighted by Gasteiger charge is -2.33. The highest BCUT2D eigenvalue weighted by Crippen LogP contribution is 2.19. The largest absolute Gasteiger partial charge is 0.384 e. The molecule has 2 atom stereocenters. The minimum atomic E-state index is -0.120. The summed E-state index contributed by atoms with van der Waals surface area (Å²) in [6.45, 7) is 4.98. The van der Waals surface area contributed by atoms with Gasteiger partial charge in [-0.1, -0.05) is 13.0 Å². The van der Waals surface area contributed by atoms with E-state index in [-0.39, 0.29) is 30.3 Å². The number of hydrogen-bond acceptors (Lipinski definition) is 4. The number of aromatic nitrogens is 1. The zero-order valence-corrected chi connectivity index (χ0v) is 14.8. The number of hydrogen-bond donors (Lipinski definition) is 1. The summed E-state index contributed by atoms with van der Waals surface area (Å²) in [5, 5.41) is 3.41. The molecule has 1 aromatic rings. The number of halogens is 1. The Labute approximate surface area is 145 Å². The van der Waals surface area contributed by atoms with Crippen LogP contribution in [-0.2, 0) is 16.1 Å². The molecular formula is C17H28ClN3O2. The van der Waals surface area contributed by atoms with Gasteiger partial charge < -0.3 is 15.0 Å². The monoisotopic (exact) mass is 341 g/mol. The van der Waals surface area contributed by atoms with Crippen LogP contribution in [0.2, 0.25) is 0 Å². The van der Waals surface area contributed by atoms with E-state index in [0.717, 1.165) is 38.0 Å². The van der Waals surface area contributed by atoms with Gasteiger partial charge in [-0.15, -0.1) is 12.4 Å². The number of pyridine rings is 1. The first-order chi connectivity index (χ1) is 10.7. The van der Waals surface area contributed by atoms with Crippen LogP contribution in [0.3, 0.4) is 0 Å². The molecule has 0 aromatic carbocycles. The van der Waals surface area contributed by atoms with Crippen LogP contribution in [-0.4, -0.2) is 48.6 Å². The lowest BCUT2D eigenvalue weighted by atomic mass is 10.0. The lowest BCUT2D eigenvalue weighted by Crippen LogP contribution is -2.44. The number of ether oxygens (including phenoxy) is 1. The number of amides is 1. The molecule has 1 aliphatic heterocycles. The number of methoxy groups -OCH3 is 1. The molecule has 1 fully saturated rings. The predicted molar refractivity (Wildman–Crippen MR) is 93.6 cm³/mol. The Balaban J connectivity index is 0.00000264. The van der Waals surface area contributed by atoms with Gasteiger partial charge in [0.15, 0.2) is 0 Å². The maximum atomic E-state index is 12.8. The molecule has 1 aromatic heterocycles. The molecule has 1 saturated heterocycles. The first kappa shape index (κ1) is 19.9. The maximum Gasteiger partial charge on any atom is 0.228 e. The predicted octanol–water partition coefficient (Wildman–Crippen LogP) is 2.26. The van der Waals surface area contributed by atoms with Crippen molar-refractivity contribution in [2.75, 3.05) is 26.8 Å². The summed E-state index contributed by atoms with van der Waals surface area (Å²) < 4.78 is 5.16. The molecule has 1 amide bonds. The van der Waals surface area contributed by atoms with Crippen LogP contribution in [0.4, 0.5) is 0 Å². The Kier molecular flexibility index (Phi) is 9.14. The normalized spacial score (nSPS) is 19.3. The molecule has 0 bridgehead atoms. The zero-order chi connectivity index (χ0) is 15.8. The molecule has 2 unspecified atom stereocenters. The molecule has 2 heterocycles.